The van der Waals surface area contributed by atoms with Crippen LogP contribution in [0.5, 0.6) is 0 Å². The molecular formula is C26H44N4O2. The standard InChI is InChI=1S/C19H29N3O2.C7H15N/c1-13-6-9-17(22(12-13)18(23)24-19(2,3)4)14-7-8-15(11-21-5)16(20)10-14;1-7-4-3-5-8(2)6-7/h7-8,10-11,13,17H,6,9,12,20H2,1-5H3;7H,3-6H2,1-2H3/t13?,17-;/m1./s1. The van der Waals surface area contributed by atoms with Gasteiger partial charge in [0.15, 0.2) is 0 Å². The van der Waals surface area contributed by atoms with Crippen molar-refractivity contribution in [2.45, 2.75) is 71.9 Å². The molecule has 1 amide bonds. The Kier molecular flexibility index (Phi) is 9.56. The van der Waals surface area contributed by atoms with E-state index >= 15 is 0 Å². The van der Waals surface area contributed by atoms with Crippen molar-refractivity contribution < 1.29 is 9.53 Å². The van der Waals surface area contributed by atoms with Gasteiger partial charge in [-0.3, -0.25) is 4.99 Å². The molecule has 0 aliphatic carbocycles. The second-order valence-corrected chi connectivity index (χ2v) is 10.6. The van der Waals surface area contributed by atoms with Gasteiger partial charge < -0.3 is 20.3 Å². The molecule has 1 aromatic rings. The SMILES string of the molecule is CC1CCCN(C)C1.CN=Cc1ccc([C@H]2CCC(C)CN2C(=O)OC(C)(C)C)cc1N. The van der Waals surface area contributed by atoms with Crippen molar-refractivity contribution in [2.75, 3.05) is 39.5 Å². The topological polar surface area (TPSA) is 71.2 Å². The number of rotatable bonds is 2. The molecule has 6 heteroatoms. The van der Waals surface area contributed by atoms with E-state index < -0.39 is 5.60 Å². The predicted octanol–water partition coefficient (Wildman–Crippen LogP) is 5.37. The molecule has 0 bridgehead atoms. The van der Waals surface area contributed by atoms with Crippen molar-refractivity contribution in [1.29, 1.82) is 0 Å². The molecule has 0 radical (unpaired) electrons. The van der Waals surface area contributed by atoms with E-state index in [9.17, 15) is 4.79 Å². The fourth-order valence-corrected chi connectivity index (χ4v) is 4.50. The van der Waals surface area contributed by atoms with E-state index in [2.05, 4.69) is 30.8 Å². The Morgan fingerprint density at radius 2 is 1.84 bits per heavy atom. The number of aliphatic imine (C=N–C) groups is 1. The number of nitrogens with zero attached hydrogens (tertiary/aromatic N) is 3. The van der Waals surface area contributed by atoms with Crippen LogP contribution in [0.15, 0.2) is 23.2 Å². The van der Waals surface area contributed by atoms with Gasteiger partial charge in [-0.25, -0.2) is 4.79 Å². The fraction of sp³-hybridized carbons (Fsp3) is 0.692. The summed E-state index contributed by atoms with van der Waals surface area (Å²) in [7, 11) is 3.93. The molecule has 1 aromatic carbocycles. The van der Waals surface area contributed by atoms with Crippen LogP contribution in [0, 0.1) is 11.8 Å². The van der Waals surface area contributed by atoms with E-state index in [0.717, 1.165) is 29.9 Å². The number of carbonyl (C=O) groups is 1. The number of benzene rings is 1. The highest BCUT2D eigenvalue weighted by atomic mass is 16.6. The van der Waals surface area contributed by atoms with Crippen LogP contribution in [0.1, 0.15) is 77.5 Å². The number of amides is 1. The van der Waals surface area contributed by atoms with Gasteiger partial charge in [-0.15, -0.1) is 0 Å². The van der Waals surface area contributed by atoms with Gasteiger partial charge in [0, 0.05) is 37.6 Å². The Hall–Kier alpha value is -2.08. The number of ether oxygens (including phenoxy) is 1. The third kappa shape index (κ3) is 8.12. The van der Waals surface area contributed by atoms with Crippen molar-refractivity contribution in [3.05, 3.63) is 29.3 Å². The molecule has 2 aliphatic rings. The summed E-state index contributed by atoms with van der Waals surface area (Å²) in [5.41, 5.74) is 8.27. The molecule has 2 N–H and O–H groups in total. The van der Waals surface area contributed by atoms with Crippen LogP contribution < -0.4 is 5.73 Å². The molecule has 0 spiro atoms. The molecule has 0 saturated carbocycles. The second kappa shape index (κ2) is 11.7. The maximum Gasteiger partial charge on any atom is 0.410 e. The normalized spacial score (nSPS) is 24.7. The monoisotopic (exact) mass is 444 g/mol. The third-order valence-electron chi connectivity index (χ3n) is 6.07. The van der Waals surface area contributed by atoms with E-state index in [4.69, 9.17) is 10.5 Å². The predicted molar refractivity (Wildman–Crippen MR) is 134 cm³/mol. The summed E-state index contributed by atoms with van der Waals surface area (Å²) in [6.45, 7) is 13.5. The lowest BCUT2D eigenvalue weighted by molar-refractivity contribution is 0.00364. The second-order valence-electron chi connectivity index (χ2n) is 10.6. The molecule has 2 aliphatic heterocycles. The van der Waals surface area contributed by atoms with Gasteiger partial charge in [-0.1, -0.05) is 26.0 Å². The average Bonchev–Trinajstić information content (AvgIpc) is 2.69. The minimum atomic E-state index is -0.497. The van der Waals surface area contributed by atoms with Crippen molar-refractivity contribution in [3.63, 3.8) is 0 Å². The number of anilines is 1. The van der Waals surface area contributed by atoms with Gasteiger partial charge in [0.1, 0.15) is 5.60 Å². The first-order valence-electron chi connectivity index (χ1n) is 12.0. The van der Waals surface area contributed by atoms with Gasteiger partial charge in [-0.05, 0) is 83.5 Å². The Morgan fingerprint density at radius 3 is 2.38 bits per heavy atom. The van der Waals surface area contributed by atoms with Crippen LogP contribution in [0.3, 0.4) is 0 Å². The summed E-state index contributed by atoms with van der Waals surface area (Å²) in [6, 6.07) is 5.95. The zero-order valence-electron chi connectivity index (χ0n) is 21.2. The Bertz CT molecular complexity index is 764. The lowest BCUT2D eigenvalue weighted by Crippen LogP contribution is -2.44. The molecule has 6 nitrogen and oxygen atoms in total. The molecule has 3 rings (SSSR count). The number of hydrogen-bond acceptors (Lipinski definition) is 5. The number of carbonyl (C=O) groups excluding carboxylic acids is 1. The minimum absolute atomic E-state index is 0.00552. The number of likely N-dealkylation sites (tertiary alicyclic amines) is 2. The first-order chi connectivity index (χ1) is 15.0. The average molecular weight is 445 g/mol. The van der Waals surface area contributed by atoms with Gasteiger partial charge in [0.25, 0.3) is 0 Å². The molecule has 2 saturated heterocycles. The summed E-state index contributed by atoms with van der Waals surface area (Å²) < 4.78 is 5.60. The van der Waals surface area contributed by atoms with Crippen LogP contribution in [0.25, 0.3) is 0 Å². The van der Waals surface area contributed by atoms with Crippen molar-refractivity contribution in [1.82, 2.24) is 9.80 Å². The van der Waals surface area contributed by atoms with Crippen molar-refractivity contribution in [3.8, 4) is 0 Å². The molecule has 180 valence electrons. The molecule has 2 heterocycles. The van der Waals surface area contributed by atoms with Gasteiger partial charge in [0.05, 0.1) is 6.04 Å². The molecule has 0 aromatic heterocycles. The summed E-state index contributed by atoms with van der Waals surface area (Å²) in [5, 5.41) is 0. The lowest BCUT2D eigenvalue weighted by atomic mass is 9.89. The van der Waals surface area contributed by atoms with Gasteiger partial charge in [-0.2, -0.15) is 0 Å². The summed E-state index contributed by atoms with van der Waals surface area (Å²) >= 11 is 0. The molecule has 2 unspecified atom stereocenters. The zero-order chi connectivity index (χ0) is 23.9. The maximum absolute atomic E-state index is 12.6. The van der Waals surface area contributed by atoms with E-state index in [0.29, 0.717) is 18.2 Å². The zero-order valence-corrected chi connectivity index (χ0v) is 21.2. The maximum atomic E-state index is 12.6. The van der Waals surface area contributed by atoms with E-state index in [1.165, 1.54) is 25.9 Å². The van der Waals surface area contributed by atoms with E-state index in [1.807, 2.05) is 43.9 Å². The Balaban J connectivity index is 0.000000380. The fourth-order valence-electron chi connectivity index (χ4n) is 4.50. The largest absolute Gasteiger partial charge is 0.444 e. The quantitative estimate of drug-likeness (QED) is 0.491. The first-order valence-corrected chi connectivity index (χ1v) is 12.0. The minimum Gasteiger partial charge on any atom is -0.444 e. The highest BCUT2D eigenvalue weighted by molar-refractivity contribution is 5.87. The van der Waals surface area contributed by atoms with Crippen LogP contribution in [0.4, 0.5) is 10.5 Å². The van der Waals surface area contributed by atoms with Crippen LogP contribution in [-0.4, -0.2) is 61.4 Å². The van der Waals surface area contributed by atoms with Crippen LogP contribution in [-0.2, 0) is 4.74 Å². The number of nitrogens with two attached hydrogens (primary N) is 1. The lowest BCUT2D eigenvalue weighted by Gasteiger charge is -2.39. The highest BCUT2D eigenvalue weighted by Gasteiger charge is 2.34. The van der Waals surface area contributed by atoms with E-state index in [1.54, 1.807) is 13.3 Å². The number of piperidine rings is 2. The first kappa shape index (κ1) is 26.2. The number of nitrogen functional groups attached to an aromatic ring is 1. The highest BCUT2D eigenvalue weighted by Crippen LogP contribution is 2.35. The van der Waals surface area contributed by atoms with Gasteiger partial charge >= 0.3 is 6.09 Å². The molecular weight excluding hydrogens is 400 g/mol. The van der Waals surface area contributed by atoms with Crippen molar-refractivity contribution >= 4 is 18.0 Å². The third-order valence-corrected chi connectivity index (χ3v) is 6.07. The summed E-state index contributed by atoms with van der Waals surface area (Å²) in [5.74, 6) is 1.41. The Labute approximate surface area is 195 Å². The molecule has 32 heavy (non-hydrogen) atoms. The van der Waals surface area contributed by atoms with Crippen molar-refractivity contribution in [2.24, 2.45) is 16.8 Å². The summed E-state index contributed by atoms with van der Waals surface area (Å²) in [6.07, 6.45) is 6.33. The van der Waals surface area contributed by atoms with Crippen LogP contribution in [0.2, 0.25) is 0 Å². The summed E-state index contributed by atoms with van der Waals surface area (Å²) in [4.78, 5) is 20.9. The van der Waals surface area contributed by atoms with E-state index in [-0.39, 0.29) is 12.1 Å². The van der Waals surface area contributed by atoms with Crippen LogP contribution >= 0.6 is 0 Å². The molecule has 2 fully saturated rings. The van der Waals surface area contributed by atoms with Gasteiger partial charge in [0.2, 0.25) is 0 Å². The smallest absolute Gasteiger partial charge is 0.410 e. The molecule has 3 atom stereocenters. The number of hydrogen-bond donors (Lipinski definition) is 1. The Morgan fingerprint density at radius 1 is 1.16 bits per heavy atom.